The van der Waals surface area contributed by atoms with Crippen LogP contribution in [0.5, 0.6) is 0 Å². The lowest BCUT2D eigenvalue weighted by molar-refractivity contribution is -0.111. The molecular formula is C10H11ClN2O. The van der Waals surface area contributed by atoms with E-state index in [-0.39, 0.29) is 5.91 Å². The molecule has 0 aliphatic rings. The van der Waals surface area contributed by atoms with Gasteiger partial charge in [-0.1, -0.05) is 17.7 Å². The molecule has 0 atom stereocenters. The zero-order valence-electron chi connectivity index (χ0n) is 8.04. The van der Waals surface area contributed by atoms with Gasteiger partial charge in [0, 0.05) is 6.20 Å². The van der Waals surface area contributed by atoms with Crippen LogP contribution in [0.2, 0.25) is 5.15 Å². The maximum absolute atomic E-state index is 11.2. The van der Waals surface area contributed by atoms with Crippen LogP contribution in [0, 0.1) is 6.92 Å². The minimum Gasteiger partial charge on any atom is -0.320 e. The molecule has 1 aromatic heterocycles. The SMILES string of the molecule is C/C=C/C(=O)Nc1cc(C)cnc1Cl. The number of halogens is 1. The number of rotatable bonds is 2. The van der Waals surface area contributed by atoms with Gasteiger partial charge in [-0.15, -0.1) is 0 Å². The molecule has 0 radical (unpaired) electrons. The van der Waals surface area contributed by atoms with E-state index in [0.29, 0.717) is 10.8 Å². The Bertz CT molecular complexity index is 374. The van der Waals surface area contributed by atoms with Crippen LogP contribution in [-0.4, -0.2) is 10.9 Å². The second kappa shape index (κ2) is 4.77. The van der Waals surface area contributed by atoms with Crippen LogP contribution in [0.4, 0.5) is 5.69 Å². The predicted molar refractivity (Wildman–Crippen MR) is 57.4 cm³/mol. The molecule has 0 spiro atoms. The van der Waals surface area contributed by atoms with Gasteiger partial charge < -0.3 is 5.32 Å². The Morgan fingerprint density at radius 1 is 1.64 bits per heavy atom. The summed E-state index contributed by atoms with van der Waals surface area (Å²) in [6, 6.07) is 1.77. The fourth-order valence-corrected chi connectivity index (χ4v) is 1.12. The molecule has 0 aliphatic heterocycles. The summed E-state index contributed by atoms with van der Waals surface area (Å²) in [4.78, 5) is 15.1. The zero-order valence-corrected chi connectivity index (χ0v) is 8.80. The third-order valence-electron chi connectivity index (χ3n) is 1.55. The van der Waals surface area contributed by atoms with Crippen molar-refractivity contribution < 1.29 is 4.79 Å². The fraction of sp³-hybridized carbons (Fsp3) is 0.200. The van der Waals surface area contributed by atoms with Gasteiger partial charge in [-0.25, -0.2) is 4.98 Å². The number of carbonyl (C=O) groups is 1. The molecule has 74 valence electrons. The third-order valence-corrected chi connectivity index (χ3v) is 1.85. The number of anilines is 1. The first-order valence-corrected chi connectivity index (χ1v) is 4.57. The summed E-state index contributed by atoms with van der Waals surface area (Å²) in [6.45, 7) is 3.66. The first-order valence-electron chi connectivity index (χ1n) is 4.19. The Balaban J connectivity index is 2.85. The van der Waals surface area contributed by atoms with E-state index in [2.05, 4.69) is 10.3 Å². The highest BCUT2D eigenvalue weighted by Gasteiger charge is 2.03. The molecule has 0 aromatic carbocycles. The summed E-state index contributed by atoms with van der Waals surface area (Å²) in [7, 11) is 0. The van der Waals surface area contributed by atoms with E-state index in [1.54, 1.807) is 25.3 Å². The molecule has 14 heavy (non-hydrogen) atoms. The van der Waals surface area contributed by atoms with E-state index in [1.807, 2.05) is 6.92 Å². The van der Waals surface area contributed by atoms with Crippen LogP contribution in [0.3, 0.4) is 0 Å². The number of hydrogen-bond acceptors (Lipinski definition) is 2. The molecule has 0 saturated heterocycles. The van der Waals surface area contributed by atoms with Crippen molar-refractivity contribution in [1.29, 1.82) is 0 Å². The minimum absolute atomic E-state index is 0.207. The lowest BCUT2D eigenvalue weighted by Gasteiger charge is -2.04. The van der Waals surface area contributed by atoms with Crippen LogP contribution in [-0.2, 0) is 4.79 Å². The van der Waals surface area contributed by atoms with Crippen LogP contribution in [0.1, 0.15) is 12.5 Å². The van der Waals surface area contributed by atoms with Crippen LogP contribution < -0.4 is 5.32 Å². The monoisotopic (exact) mass is 210 g/mol. The van der Waals surface area contributed by atoms with Gasteiger partial charge in [0.25, 0.3) is 0 Å². The number of nitrogens with zero attached hydrogens (tertiary/aromatic N) is 1. The lowest BCUT2D eigenvalue weighted by atomic mass is 10.3. The van der Waals surface area contributed by atoms with Gasteiger partial charge in [0.1, 0.15) is 0 Å². The predicted octanol–water partition coefficient (Wildman–Crippen LogP) is 2.56. The van der Waals surface area contributed by atoms with E-state index in [4.69, 9.17) is 11.6 Å². The van der Waals surface area contributed by atoms with E-state index in [0.717, 1.165) is 5.56 Å². The van der Waals surface area contributed by atoms with Crippen LogP contribution in [0.15, 0.2) is 24.4 Å². The molecule has 1 N–H and O–H groups in total. The van der Waals surface area contributed by atoms with Crippen molar-refractivity contribution in [2.75, 3.05) is 5.32 Å². The molecule has 0 bridgehead atoms. The number of pyridine rings is 1. The quantitative estimate of drug-likeness (QED) is 0.602. The number of carbonyl (C=O) groups excluding carboxylic acids is 1. The topological polar surface area (TPSA) is 42.0 Å². The smallest absolute Gasteiger partial charge is 0.248 e. The van der Waals surface area contributed by atoms with Crippen molar-refractivity contribution in [3.05, 3.63) is 35.1 Å². The number of hydrogen-bond donors (Lipinski definition) is 1. The highest BCUT2D eigenvalue weighted by atomic mass is 35.5. The Labute approximate surface area is 87.8 Å². The van der Waals surface area contributed by atoms with Gasteiger partial charge in [0.05, 0.1) is 5.69 Å². The van der Waals surface area contributed by atoms with E-state index >= 15 is 0 Å². The molecule has 0 unspecified atom stereocenters. The van der Waals surface area contributed by atoms with Gasteiger partial charge in [-0.3, -0.25) is 4.79 Å². The van der Waals surface area contributed by atoms with Gasteiger partial charge in [-0.05, 0) is 31.6 Å². The van der Waals surface area contributed by atoms with Crippen molar-refractivity contribution >= 4 is 23.2 Å². The molecule has 1 amide bonds. The molecule has 0 saturated carbocycles. The molecule has 0 fully saturated rings. The Morgan fingerprint density at radius 2 is 2.36 bits per heavy atom. The third kappa shape index (κ3) is 2.85. The molecule has 3 nitrogen and oxygen atoms in total. The number of aromatic nitrogens is 1. The first kappa shape index (κ1) is 10.7. The standard InChI is InChI=1S/C10H11ClN2O/c1-3-4-9(14)13-8-5-7(2)6-12-10(8)11/h3-6H,1-2H3,(H,13,14)/b4-3+. The summed E-state index contributed by atoms with van der Waals surface area (Å²) in [6.07, 6.45) is 4.73. The average molecular weight is 211 g/mol. The summed E-state index contributed by atoms with van der Waals surface area (Å²) in [5.41, 5.74) is 1.49. The van der Waals surface area contributed by atoms with E-state index in [1.165, 1.54) is 6.08 Å². The molecule has 1 rings (SSSR count). The highest BCUT2D eigenvalue weighted by molar-refractivity contribution is 6.32. The summed E-state index contributed by atoms with van der Waals surface area (Å²) < 4.78 is 0. The van der Waals surface area contributed by atoms with Gasteiger partial charge in [0.15, 0.2) is 5.15 Å². The van der Waals surface area contributed by atoms with Crippen LogP contribution in [0.25, 0.3) is 0 Å². The second-order valence-electron chi connectivity index (χ2n) is 2.84. The van der Waals surface area contributed by atoms with Gasteiger partial charge >= 0.3 is 0 Å². The van der Waals surface area contributed by atoms with Gasteiger partial charge in [-0.2, -0.15) is 0 Å². The Kier molecular flexibility index (Phi) is 3.65. The van der Waals surface area contributed by atoms with Crippen molar-refractivity contribution in [2.24, 2.45) is 0 Å². The summed E-state index contributed by atoms with van der Waals surface area (Å²) >= 11 is 5.79. The molecular weight excluding hydrogens is 200 g/mol. The summed E-state index contributed by atoms with van der Waals surface area (Å²) in [5, 5.41) is 2.93. The van der Waals surface area contributed by atoms with E-state index in [9.17, 15) is 4.79 Å². The largest absolute Gasteiger partial charge is 0.320 e. The molecule has 0 aliphatic carbocycles. The normalized spacial score (nSPS) is 10.5. The number of allylic oxidation sites excluding steroid dienone is 1. The van der Waals surface area contributed by atoms with Crippen molar-refractivity contribution in [1.82, 2.24) is 4.98 Å². The first-order chi connectivity index (χ1) is 6.63. The zero-order chi connectivity index (χ0) is 10.6. The highest BCUT2D eigenvalue weighted by Crippen LogP contribution is 2.19. The minimum atomic E-state index is -0.207. The van der Waals surface area contributed by atoms with Crippen molar-refractivity contribution in [2.45, 2.75) is 13.8 Å². The number of nitrogens with one attached hydrogen (secondary N) is 1. The number of aryl methyl sites for hydroxylation is 1. The number of amides is 1. The average Bonchev–Trinajstić information content (AvgIpc) is 2.12. The lowest BCUT2D eigenvalue weighted by Crippen LogP contribution is -2.08. The van der Waals surface area contributed by atoms with Gasteiger partial charge in [0.2, 0.25) is 5.91 Å². The molecule has 1 aromatic rings. The second-order valence-corrected chi connectivity index (χ2v) is 3.20. The molecule has 1 heterocycles. The molecule has 4 heteroatoms. The Morgan fingerprint density at radius 3 is 3.00 bits per heavy atom. The fourth-order valence-electron chi connectivity index (χ4n) is 0.966. The van der Waals surface area contributed by atoms with Crippen molar-refractivity contribution in [3.8, 4) is 0 Å². The van der Waals surface area contributed by atoms with E-state index < -0.39 is 0 Å². The maximum Gasteiger partial charge on any atom is 0.248 e. The summed E-state index contributed by atoms with van der Waals surface area (Å²) in [5.74, 6) is -0.207. The van der Waals surface area contributed by atoms with Crippen LogP contribution >= 0.6 is 11.6 Å². The van der Waals surface area contributed by atoms with Crippen molar-refractivity contribution in [3.63, 3.8) is 0 Å². The Hall–Kier alpha value is -1.35. The maximum atomic E-state index is 11.2.